The Balaban J connectivity index is 7.45. The molecule has 0 nitrogen and oxygen atoms in total. The van der Waals surface area contributed by atoms with Crippen LogP contribution in [0.4, 0.5) is 0 Å². The van der Waals surface area contributed by atoms with E-state index < -0.39 is 10.7 Å². The van der Waals surface area contributed by atoms with Crippen molar-refractivity contribution in [3.8, 4) is 0 Å². The molecule has 0 saturated carbocycles. The van der Waals surface area contributed by atoms with Crippen molar-refractivity contribution in [3.05, 3.63) is 0 Å². The van der Waals surface area contributed by atoms with E-state index in [-0.39, 0.29) is 17.5 Å². The Bertz CT molecular complexity index is 385. The third-order valence-electron chi connectivity index (χ3n) is 6.16. The maximum absolute atomic E-state index is 2.60. The van der Waals surface area contributed by atoms with E-state index in [0.717, 1.165) is 0 Å². The molecule has 0 aliphatic rings. The first-order valence-electron chi connectivity index (χ1n) is 10.8. The fourth-order valence-corrected chi connectivity index (χ4v) is 85.8. The van der Waals surface area contributed by atoms with Crippen molar-refractivity contribution in [2.24, 2.45) is 0 Å². The van der Waals surface area contributed by atoms with Gasteiger partial charge in [-0.3, -0.25) is 0 Å². The first-order valence-corrected chi connectivity index (χ1v) is 21.3. The van der Waals surface area contributed by atoms with Crippen LogP contribution in [0, 0.1) is 0 Å². The van der Waals surface area contributed by atoms with Crippen molar-refractivity contribution in [3.63, 3.8) is 0 Å². The van der Waals surface area contributed by atoms with Crippen molar-refractivity contribution in [2.75, 3.05) is 0 Å². The van der Waals surface area contributed by atoms with Gasteiger partial charge in [0.05, 0.1) is 0 Å². The SMILES string of the molecule is CC(C)(C)[PH]([Pt][PH](C(C)(C)C)(C(C)(C)C)C(C)(C)C)(C(C)(C)C)C(C)(C)C. The van der Waals surface area contributed by atoms with Crippen molar-refractivity contribution in [2.45, 2.75) is 156 Å². The fraction of sp³-hybridized carbons (Fsp3) is 1.00. The Kier molecular flexibility index (Phi) is 8.03. The molecule has 0 aliphatic heterocycles. The number of hydrogen-bond donors (Lipinski definition) is 0. The third-order valence-corrected chi connectivity index (χ3v) is 65.9. The molecule has 0 heterocycles. The first kappa shape index (κ1) is 28.5. The molecule has 0 unspecified atom stereocenters. The van der Waals surface area contributed by atoms with Gasteiger partial charge in [-0.1, -0.05) is 0 Å². The summed E-state index contributed by atoms with van der Waals surface area (Å²) in [5.74, 6) is 0. The summed E-state index contributed by atoms with van der Waals surface area (Å²) in [5.41, 5.74) is 0. The first-order chi connectivity index (χ1) is 11.2. The predicted molar refractivity (Wildman–Crippen MR) is 135 cm³/mol. The molecule has 0 aliphatic carbocycles. The van der Waals surface area contributed by atoms with Crippen molar-refractivity contribution in [1.82, 2.24) is 0 Å². The quantitative estimate of drug-likeness (QED) is 0.277. The Hall–Kier alpha value is 1.55. The summed E-state index contributed by atoms with van der Waals surface area (Å²) in [6, 6.07) is 0. The zero-order valence-electron chi connectivity index (χ0n) is 22.3. The van der Waals surface area contributed by atoms with E-state index in [9.17, 15) is 0 Å². The van der Waals surface area contributed by atoms with Crippen LogP contribution in [0.25, 0.3) is 0 Å². The predicted octanol–water partition coefficient (Wildman–Crippen LogP) is 9.19. The van der Waals surface area contributed by atoms with Crippen LogP contribution in [0.2, 0.25) is 0 Å². The second-order valence-electron chi connectivity index (χ2n) is 14.8. The minimum absolute atomic E-state index is 0.0440. The van der Waals surface area contributed by atoms with E-state index in [1.807, 2.05) is 0 Å². The molecule has 0 aromatic carbocycles. The van der Waals surface area contributed by atoms with Crippen LogP contribution in [0.1, 0.15) is 125 Å². The van der Waals surface area contributed by atoms with Crippen LogP contribution in [0.15, 0.2) is 0 Å². The molecule has 0 amide bonds. The van der Waals surface area contributed by atoms with E-state index >= 15 is 0 Å². The average molecular weight is 602 g/mol. The summed E-state index contributed by atoms with van der Waals surface area (Å²) in [6.07, 6.45) is 0. The molecule has 3 heteroatoms. The molecule has 0 N–H and O–H groups in total. The molecule has 0 saturated heterocycles. The molecular weight excluding hydrogens is 545 g/mol. The van der Waals surface area contributed by atoms with E-state index in [1.165, 1.54) is 0 Å². The fourth-order valence-electron chi connectivity index (χ4n) is 7.64. The van der Waals surface area contributed by atoms with E-state index in [0.29, 0.717) is 30.9 Å². The average Bonchev–Trinajstić information content (AvgIpc) is 2.16. The van der Waals surface area contributed by atoms with Crippen LogP contribution in [-0.4, -0.2) is 30.9 Å². The standard InChI is InChI=1S/2C12H27P.Pt/c2*1-10(2,3)13(11(4,5)6)12(7,8)9;/h2*1-9H3;/q;;-2/p+2. The number of hydrogen-bond acceptors (Lipinski definition) is 0. The molecule has 0 atom stereocenters. The van der Waals surface area contributed by atoms with Crippen molar-refractivity contribution < 1.29 is 17.5 Å². The van der Waals surface area contributed by atoms with Crippen LogP contribution in [-0.2, 0) is 17.5 Å². The van der Waals surface area contributed by atoms with Gasteiger partial charge in [-0.25, -0.2) is 0 Å². The van der Waals surface area contributed by atoms with Gasteiger partial charge in [0.2, 0.25) is 0 Å². The Morgan fingerprint density at radius 2 is 0.407 bits per heavy atom. The summed E-state index contributed by atoms with van der Waals surface area (Å²) in [5, 5.41) is -0.901. The van der Waals surface area contributed by atoms with Crippen LogP contribution < -0.4 is 0 Å². The normalized spacial score (nSPS) is 18.0. The topological polar surface area (TPSA) is 0 Å². The molecule has 0 spiro atoms. The van der Waals surface area contributed by atoms with Crippen LogP contribution in [0.5, 0.6) is 0 Å². The summed E-state index contributed by atoms with van der Waals surface area (Å²) in [7, 11) is 0. The molecule has 0 bridgehead atoms. The Labute approximate surface area is 183 Å². The second kappa shape index (κ2) is 7.60. The van der Waals surface area contributed by atoms with E-state index in [2.05, 4.69) is 125 Å². The molecule has 172 valence electrons. The van der Waals surface area contributed by atoms with Gasteiger partial charge in [0.25, 0.3) is 0 Å². The van der Waals surface area contributed by atoms with Gasteiger partial charge < -0.3 is 0 Å². The third kappa shape index (κ3) is 4.75. The molecule has 0 fully saturated rings. The molecule has 0 aromatic rings. The van der Waals surface area contributed by atoms with Crippen LogP contribution in [0.3, 0.4) is 0 Å². The molecule has 27 heavy (non-hydrogen) atoms. The molecular formula is C24H56P2Pt. The second-order valence-corrected chi connectivity index (χ2v) is 42.2. The van der Waals surface area contributed by atoms with Gasteiger partial charge in [-0.2, -0.15) is 0 Å². The number of rotatable bonds is 2. The Morgan fingerprint density at radius 1 is 0.296 bits per heavy atom. The minimum atomic E-state index is -1.69. The van der Waals surface area contributed by atoms with Gasteiger partial charge in [0.15, 0.2) is 0 Å². The van der Waals surface area contributed by atoms with Crippen LogP contribution >= 0.6 is 10.7 Å². The summed E-state index contributed by atoms with van der Waals surface area (Å²) < 4.78 is 0. The summed E-state index contributed by atoms with van der Waals surface area (Å²) in [4.78, 5) is 0. The zero-order valence-corrected chi connectivity index (χ0v) is 26.6. The van der Waals surface area contributed by atoms with Gasteiger partial charge in [-0.05, 0) is 0 Å². The van der Waals surface area contributed by atoms with Gasteiger partial charge in [0, 0.05) is 0 Å². The van der Waals surface area contributed by atoms with E-state index in [1.54, 1.807) is 0 Å². The molecule has 0 aromatic heterocycles. The monoisotopic (exact) mass is 601 g/mol. The summed E-state index contributed by atoms with van der Waals surface area (Å²) in [6.45, 7) is 46.8. The molecule has 0 radical (unpaired) electrons. The molecule has 0 rings (SSSR count). The van der Waals surface area contributed by atoms with Crippen molar-refractivity contribution in [1.29, 1.82) is 0 Å². The zero-order chi connectivity index (χ0) is 22.7. The van der Waals surface area contributed by atoms with Gasteiger partial charge in [0.1, 0.15) is 0 Å². The maximum atomic E-state index is 2.60. The Morgan fingerprint density at radius 3 is 0.481 bits per heavy atom. The van der Waals surface area contributed by atoms with Gasteiger partial charge in [-0.15, -0.1) is 0 Å². The van der Waals surface area contributed by atoms with Gasteiger partial charge >= 0.3 is 184 Å². The van der Waals surface area contributed by atoms with Crippen molar-refractivity contribution >= 4 is 10.7 Å². The van der Waals surface area contributed by atoms with E-state index in [4.69, 9.17) is 0 Å². The summed E-state index contributed by atoms with van der Waals surface area (Å²) >= 11 is 0.0440.